The Bertz CT molecular complexity index is 471. The molecule has 0 saturated heterocycles. The van der Waals surface area contributed by atoms with Crippen LogP contribution in [-0.2, 0) is 42.9 Å². The number of rotatable bonds is 8. The Hall–Kier alpha value is -2.49. The minimum absolute atomic E-state index is 0.107. The van der Waals surface area contributed by atoms with Gasteiger partial charge >= 0.3 is 23.9 Å². The Morgan fingerprint density at radius 1 is 0.870 bits per heavy atom. The molecule has 0 aromatic heterocycles. The zero-order valence-corrected chi connectivity index (χ0v) is 13.0. The van der Waals surface area contributed by atoms with Gasteiger partial charge in [-0.2, -0.15) is 0 Å². The molecule has 130 valence electrons. The van der Waals surface area contributed by atoms with Crippen molar-refractivity contribution >= 4 is 30.2 Å². The van der Waals surface area contributed by atoms with E-state index in [-0.39, 0.29) is 6.29 Å². The summed E-state index contributed by atoms with van der Waals surface area (Å²) in [6.07, 6.45) is -7.24. The topological polar surface area (TPSA) is 143 Å². The number of carbonyl (C=O) groups excluding carboxylic acids is 5. The summed E-state index contributed by atoms with van der Waals surface area (Å²) < 4.78 is 18.5. The third-order valence-corrected chi connectivity index (χ3v) is 2.44. The van der Waals surface area contributed by atoms with Gasteiger partial charge in [-0.15, -0.1) is 0 Å². The van der Waals surface area contributed by atoms with Gasteiger partial charge in [-0.1, -0.05) is 0 Å². The predicted octanol–water partition coefficient (Wildman–Crippen LogP) is -1.49. The molecule has 0 rings (SSSR count). The first-order valence-electron chi connectivity index (χ1n) is 6.36. The number of aliphatic hydroxyl groups is 1. The molecule has 0 aromatic carbocycles. The Kier molecular flexibility index (Phi) is 8.48. The number of aliphatic hydroxyl groups excluding tert-OH is 1. The van der Waals surface area contributed by atoms with E-state index in [1.807, 2.05) is 0 Å². The fourth-order valence-corrected chi connectivity index (χ4v) is 1.63. The lowest BCUT2D eigenvalue weighted by Crippen LogP contribution is -2.53. The molecular weight excluding hydrogens is 316 g/mol. The summed E-state index contributed by atoms with van der Waals surface area (Å²) in [5.41, 5.74) is 0. The maximum atomic E-state index is 11.5. The Morgan fingerprint density at radius 3 is 1.65 bits per heavy atom. The van der Waals surface area contributed by atoms with E-state index in [1.165, 1.54) is 0 Å². The lowest BCUT2D eigenvalue weighted by Gasteiger charge is -2.31. The van der Waals surface area contributed by atoms with Gasteiger partial charge in [-0.05, 0) is 0 Å². The summed E-state index contributed by atoms with van der Waals surface area (Å²) >= 11 is 0. The van der Waals surface area contributed by atoms with Gasteiger partial charge in [0.25, 0.3) is 0 Å². The van der Waals surface area contributed by atoms with Crippen LogP contribution in [0.1, 0.15) is 20.8 Å². The quantitative estimate of drug-likeness (QED) is 0.317. The molecule has 10 nitrogen and oxygen atoms in total. The number of esters is 4. The first-order chi connectivity index (χ1) is 10.6. The Labute approximate surface area is 131 Å². The fourth-order valence-electron chi connectivity index (χ4n) is 1.63. The first kappa shape index (κ1) is 20.5. The normalized spacial score (nSPS) is 15.3. The molecule has 10 heteroatoms. The molecule has 0 aliphatic rings. The van der Waals surface area contributed by atoms with Crippen molar-refractivity contribution in [3.8, 4) is 0 Å². The summed E-state index contributed by atoms with van der Waals surface area (Å²) in [5.74, 6) is -3.97. The number of hydrogen-bond donors (Lipinski definition) is 1. The van der Waals surface area contributed by atoms with Crippen molar-refractivity contribution < 1.29 is 48.0 Å². The summed E-state index contributed by atoms with van der Waals surface area (Å²) in [4.78, 5) is 56.0. The molecule has 1 N–H and O–H groups in total. The monoisotopic (exact) mass is 334 g/mol. The van der Waals surface area contributed by atoms with Crippen LogP contribution in [0.15, 0.2) is 0 Å². The van der Waals surface area contributed by atoms with Crippen LogP contribution in [-0.4, -0.2) is 66.8 Å². The van der Waals surface area contributed by atoms with Gasteiger partial charge in [-0.25, -0.2) is 4.79 Å². The average Bonchev–Trinajstić information content (AvgIpc) is 2.46. The number of carbonyl (C=O) groups is 5. The van der Waals surface area contributed by atoms with E-state index in [4.69, 9.17) is 9.47 Å². The highest BCUT2D eigenvalue weighted by Crippen LogP contribution is 2.17. The lowest BCUT2D eigenvalue weighted by molar-refractivity contribution is -0.196. The maximum absolute atomic E-state index is 11.5. The van der Waals surface area contributed by atoms with Gasteiger partial charge in [0.15, 0.2) is 30.7 Å². The number of hydrogen-bond acceptors (Lipinski definition) is 10. The minimum atomic E-state index is -2.08. The van der Waals surface area contributed by atoms with Gasteiger partial charge < -0.3 is 24.1 Å². The van der Waals surface area contributed by atoms with Crippen molar-refractivity contribution in [1.29, 1.82) is 0 Å². The summed E-state index contributed by atoms with van der Waals surface area (Å²) in [6.45, 7) is 2.92. The molecule has 0 aromatic rings. The molecule has 0 amide bonds. The van der Waals surface area contributed by atoms with Crippen LogP contribution in [0.2, 0.25) is 0 Å². The number of methoxy groups -OCH3 is 1. The summed E-state index contributed by atoms with van der Waals surface area (Å²) in [7, 11) is 0.959. The molecule has 0 heterocycles. The van der Waals surface area contributed by atoms with Gasteiger partial charge in [0.05, 0.1) is 7.11 Å². The first-order valence-corrected chi connectivity index (χ1v) is 6.36. The van der Waals surface area contributed by atoms with E-state index in [2.05, 4.69) is 9.47 Å². The van der Waals surface area contributed by atoms with Crippen LogP contribution < -0.4 is 0 Å². The molecule has 0 saturated carbocycles. The van der Waals surface area contributed by atoms with Crippen molar-refractivity contribution in [1.82, 2.24) is 0 Å². The SMILES string of the molecule is COC(=O)C(O)C(OC(C)=O)C(OC(C)=O)C(C=O)OC(C)=O. The number of ether oxygens (including phenoxy) is 4. The van der Waals surface area contributed by atoms with E-state index in [1.54, 1.807) is 0 Å². The summed E-state index contributed by atoms with van der Waals surface area (Å²) in [5, 5.41) is 9.89. The zero-order valence-electron chi connectivity index (χ0n) is 13.0. The summed E-state index contributed by atoms with van der Waals surface area (Å²) in [6, 6.07) is 0. The van der Waals surface area contributed by atoms with E-state index in [0.29, 0.717) is 0 Å². The predicted molar refractivity (Wildman–Crippen MR) is 70.7 cm³/mol. The fraction of sp³-hybridized carbons (Fsp3) is 0.615. The molecule has 4 unspecified atom stereocenters. The second kappa shape index (κ2) is 9.51. The van der Waals surface area contributed by atoms with Gasteiger partial charge in [-0.3, -0.25) is 19.2 Å². The maximum Gasteiger partial charge on any atom is 0.338 e. The molecule has 0 bridgehead atoms. The van der Waals surface area contributed by atoms with E-state index < -0.39 is 48.3 Å². The molecular formula is C13H18O10. The van der Waals surface area contributed by atoms with Crippen molar-refractivity contribution in [2.75, 3.05) is 7.11 Å². The smallest absolute Gasteiger partial charge is 0.338 e. The minimum Gasteiger partial charge on any atom is -0.467 e. The zero-order chi connectivity index (χ0) is 18.2. The third kappa shape index (κ3) is 6.87. The van der Waals surface area contributed by atoms with Crippen LogP contribution in [0, 0.1) is 0 Å². The Balaban J connectivity index is 5.72. The van der Waals surface area contributed by atoms with E-state index in [0.717, 1.165) is 27.9 Å². The van der Waals surface area contributed by atoms with Gasteiger partial charge in [0.2, 0.25) is 0 Å². The van der Waals surface area contributed by atoms with Crippen LogP contribution in [0.3, 0.4) is 0 Å². The van der Waals surface area contributed by atoms with Gasteiger partial charge in [0, 0.05) is 20.8 Å². The molecule has 0 radical (unpaired) electrons. The average molecular weight is 334 g/mol. The molecule has 0 fully saturated rings. The molecule has 0 aliphatic carbocycles. The van der Waals surface area contributed by atoms with Gasteiger partial charge in [0.1, 0.15) is 0 Å². The lowest BCUT2D eigenvalue weighted by atomic mass is 10.0. The van der Waals surface area contributed by atoms with Crippen LogP contribution in [0.5, 0.6) is 0 Å². The highest BCUT2D eigenvalue weighted by molar-refractivity contribution is 5.77. The molecule has 0 spiro atoms. The third-order valence-electron chi connectivity index (χ3n) is 2.44. The van der Waals surface area contributed by atoms with Crippen molar-refractivity contribution in [3.05, 3.63) is 0 Å². The second-order valence-corrected chi connectivity index (χ2v) is 4.33. The van der Waals surface area contributed by atoms with E-state index in [9.17, 15) is 29.1 Å². The van der Waals surface area contributed by atoms with Crippen LogP contribution in [0.25, 0.3) is 0 Å². The molecule has 0 aliphatic heterocycles. The highest BCUT2D eigenvalue weighted by Gasteiger charge is 2.44. The largest absolute Gasteiger partial charge is 0.467 e. The molecule has 4 atom stereocenters. The van der Waals surface area contributed by atoms with Crippen molar-refractivity contribution in [2.45, 2.75) is 45.2 Å². The number of aldehydes is 1. The van der Waals surface area contributed by atoms with Crippen molar-refractivity contribution in [2.24, 2.45) is 0 Å². The standard InChI is InChI=1S/C13H18O10/c1-6(15)21-9(5-14)11(22-7(2)16)12(23-8(3)17)10(18)13(19)20-4/h5,9-12,18H,1-4H3. The van der Waals surface area contributed by atoms with Crippen LogP contribution >= 0.6 is 0 Å². The Morgan fingerprint density at radius 2 is 1.30 bits per heavy atom. The van der Waals surface area contributed by atoms with E-state index >= 15 is 0 Å². The second-order valence-electron chi connectivity index (χ2n) is 4.33. The van der Waals surface area contributed by atoms with Crippen molar-refractivity contribution in [3.63, 3.8) is 0 Å². The highest BCUT2D eigenvalue weighted by atomic mass is 16.6. The van der Waals surface area contributed by atoms with Crippen LogP contribution in [0.4, 0.5) is 0 Å². The molecule has 23 heavy (non-hydrogen) atoms.